The first-order valence-corrected chi connectivity index (χ1v) is 3.91. The van der Waals surface area contributed by atoms with Gasteiger partial charge >= 0.3 is 5.97 Å². The van der Waals surface area contributed by atoms with E-state index >= 15 is 0 Å². The minimum absolute atomic E-state index is 0.257. The molecule has 1 aromatic rings. The Kier molecular flexibility index (Phi) is 3.12. The topological polar surface area (TPSA) is 55.7 Å². The Morgan fingerprint density at radius 3 is 2.79 bits per heavy atom. The predicted octanol–water partition coefficient (Wildman–Crippen LogP) is 2.51. The van der Waals surface area contributed by atoms with Crippen molar-refractivity contribution in [2.45, 2.75) is 0 Å². The maximum absolute atomic E-state index is 11.2. The van der Waals surface area contributed by atoms with E-state index in [-0.39, 0.29) is 5.69 Å². The van der Waals surface area contributed by atoms with Gasteiger partial charge in [0.25, 0.3) is 0 Å². The van der Waals surface area contributed by atoms with E-state index in [4.69, 9.17) is 0 Å². The normalized spacial score (nSPS) is 9.21. The number of nitroso groups, excluding NO2 is 1. The molecule has 4 heteroatoms. The molecule has 0 saturated carbocycles. The highest BCUT2D eigenvalue weighted by Gasteiger charge is 2.10. The number of esters is 1. The summed E-state index contributed by atoms with van der Waals surface area (Å²) in [5, 5.41) is 2.76. The third-order valence-corrected chi connectivity index (χ3v) is 1.77. The maximum atomic E-state index is 11.2. The highest BCUT2D eigenvalue weighted by molar-refractivity contribution is 5.94. The average molecular weight is 191 g/mol. The van der Waals surface area contributed by atoms with Gasteiger partial charge in [-0.15, -0.1) is 4.91 Å². The van der Waals surface area contributed by atoms with Gasteiger partial charge in [0.05, 0.1) is 12.7 Å². The lowest BCUT2D eigenvalue weighted by atomic mass is 10.1. The number of nitrogens with zero attached hydrogens (tertiary/aromatic N) is 1. The van der Waals surface area contributed by atoms with Crippen molar-refractivity contribution in [3.8, 4) is 0 Å². The molecule has 0 amide bonds. The summed E-state index contributed by atoms with van der Waals surface area (Å²) in [7, 11) is 1.29. The Hall–Kier alpha value is -1.97. The predicted molar refractivity (Wildman–Crippen MR) is 53.3 cm³/mol. The first-order chi connectivity index (χ1) is 6.72. The number of rotatable bonds is 3. The molecule has 0 aliphatic rings. The Balaban J connectivity index is 3.24. The number of hydrogen-bond donors (Lipinski definition) is 0. The molecule has 0 spiro atoms. The van der Waals surface area contributed by atoms with Crippen molar-refractivity contribution in [2.24, 2.45) is 5.18 Å². The molecule has 0 N–H and O–H groups in total. The zero-order valence-corrected chi connectivity index (χ0v) is 7.69. The standard InChI is InChI=1S/C10H9NO3/c1-3-7-6-8(11-13)4-5-9(7)10(12)14-2/h3-6H,1H2,2H3. The van der Waals surface area contributed by atoms with Crippen LogP contribution in [0.3, 0.4) is 0 Å². The fourth-order valence-electron chi connectivity index (χ4n) is 1.07. The van der Waals surface area contributed by atoms with Gasteiger partial charge < -0.3 is 4.74 Å². The number of carbonyl (C=O) groups excluding carboxylic acids is 1. The zero-order chi connectivity index (χ0) is 10.6. The lowest BCUT2D eigenvalue weighted by molar-refractivity contribution is 0.0600. The maximum Gasteiger partial charge on any atom is 0.338 e. The Bertz CT molecular complexity index is 385. The van der Waals surface area contributed by atoms with Crippen molar-refractivity contribution in [1.29, 1.82) is 0 Å². The van der Waals surface area contributed by atoms with Gasteiger partial charge in [0.2, 0.25) is 0 Å². The van der Waals surface area contributed by atoms with Crippen molar-refractivity contribution in [1.82, 2.24) is 0 Å². The number of methoxy groups -OCH3 is 1. The monoisotopic (exact) mass is 191 g/mol. The van der Waals surface area contributed by atoms with Crippen LogP contribution in [0.4, 0.5) is 5.69 Å². The summed E-state index contributed by atoms with van der Waals surface area (Å²) in [6.07, 6.45) is 1.47. The fraction of sp³-hybridized carbons (Fsp3) is 0.100. The van der Waals surface area contributed by atoms with Crippen LogP contribution in [-0.4, -0.2) is 13.1 Å². The lowest BCUT2D eigenvalue weighted by Crippen LogP contribution is -2.03. The molecule has 72 valence electrons. The van der Waals surface area contributed by atoms with E-state index in [1.54, 1.807) is 0 Å². The molecule has 0 aliphatic heterocycles. The van der Waals surface area contributed by atoms with Gasteiger partial charge in [-0.1, -0.05) is 12.7 Å². The molecule has 0 heterocycles. The first-order valence-electron chi connectivity index (χ1n) is 3.91. The van der Waals surface area contributed by atoms with Crippen molar-refractivity contribution < 1.29 is 9.53 Å². The minimum atomic E-state index is -0.461. The molecule has 14 heavy (non-hydrogen) atoms. The molecular weight excluding hydrogens is 182 g/mol. The SMILES string of the molecule is C=Cc1cc(N=O)ccc1C(=O)OC. The van der Waals surface area contributed by atoms with Gasteiger partial charge in [0.1, 0.15) is 5.69 Å². The van der Waals surface area contributed by atoms with Crippen LogP contribution in [0, 0.1) is 4.91 Å². The molecule has 4 nitrogen and oxygen atoms in total. The smallest absolute Gasteiger partial charge is 0.338 e. The molecule has 0 radical (unpaired) electrons. The molecule has 0 unspecified atom stereocenters. The van der Waals surface area contributed by atoms with Crippen molar-refractivity contribution >= 4 is 17.7 Å². The van der Waals surface area contributed by atoms with Crippen LogP contribution in [0.1, 0.15) is 15.9 Å². The molecule has 0 aromatic heterocycles. The molecule has 0 bridgehead atoms. The Morgan fingerprint density at radius 1 is 1.57 bits per heavy atom. The second kappa shape index (κ2) is 4.32. The minimum Gasteiger partial charge on any atom is -0.465 e. The number of carbonyl (C=O) groups is 1. The molecule has 1 rings (SSSR count). The van der Waals surface area contributed by atoms with Crippen LogP contribution >= 0.6 is 0 Å². The second-order valence-corrected chi connectivity index (χ2v) is 2.56. The molecule has 0 atom stereocenters. The average Bonchev–Trinajstić information content (AvgIpc) is 2.27. The summed E-state index contributed by atoms with van der Waals surface area (Å²) in [4.78, 5) is 21.4. The molecule has 0 aliphatic carbocycles. The zero-order valence-electron chi connectivity index (χ0n) is 7.69. The Morgan fingerprint density at radius 2 is 2.29 bits per heavy atom. The van der Waals surface area contributed by atoms with E-state index < -0.39 is 5.97 Å². The van der Waals surface area contributed by atoms with E-state index in [0.29, 0.717) is 11.1 Å². The van der Waals surface area contributed by atoms with Gasteiger partial charge in [-0.25, -0.2) is 4.79 Å². The van der Waals surface area contributed by atoms with Crippen molar-refractivity contribution in [3.05, 3.63) is 40.8 Å². The van der Waals surface area contributed by atoms with Crippen LogP contribution in [0.25, 0.3) is 6.08 Å². The number of ether oxygens (including phenoxy) is 1. The van der Waals surface area contributed by atoms with Crippen molar-refractivity contribution in [3.63, 3.8) is 0 Å². The summed E-state index contributed by atoms with van der Waals surface area (Å²) in [5.74, 6) is -0.461. The van der Waals surface area contributed by atoms with Gasteiger partial charge in [-0.2, -0.15) is 0 Å². The Labute approximate surface area is 81.2 Å². The summed E-state index contributed by atoms with van der Waals surface area (Å²) in [6, 6.07) is 4.41. The largest absolute Gasteiger partial charge is 0.465 e. The summed E-state index contributed by atoms with van der Waals surface area (Å²) in [5.41, 5.74) is 1.16. The van der Waals surface area contributed by atoms with Crippen LogP contribution < -0.4 is 0 Å². The van der Waals surface area contributed by atoms with Gasteiger partial charge in [-0.3, -0.25) is 0 Å². The van der Waals surface area contributed by atoms with Crippen LogP contribution in [0.2, 0.25) is 0 Å². The summed E-state index contributed by atoms with van der Waals surface area (Å²) in [6.45, 7) is 3.53. The lowest BCUT2D eigenvalue weighted by Gasteiger charge is -2.03. The van der Waals surface area contributed by atoms with E-state index in [1.807, 2.05) is 0 Å². The van der Waals surface area contributed by atoms with E-state index in [9.17, 15) is 9.70 Å². The number of benzene rings is 1. The van der Waals surface area contributed by atoms with Gasteiger partial charge in [0, 0.05) is 0 Å². The third kappa shape index (κ3) is 1.85. The van der Waals surface area contributed by atoms with E-state index in [2.05, 4.69) is 16.5 Å². The van der Waals surface area contributed by atoms with E-state index in [1.165, 1.54) is 31.4 Å². The van der Waals surface area contributed by atoms with Crippen molar-refractivity contribution in [2.75, 3.05) is 7.11 Å². The van der Waals surface area contributed by atoms with Gasteiger partial charge in [0.15, 0.2) is 0 Å². The number of hydrogen-bond acceptors (Lipinski definition) is 4. The van der Waals surface area contributed by atoms with Gasteiger partial charge in [-0.05, 0) is 28.9 Å². The summed E-state index contributed by atoms with van der Waals surface area (Å²) < 4.78 is 4.56. The molecule has 1 aromatic carbocycles. The summed E-state index contributed by atoms with van der Waals surface area (Å²) >= 11 is 0. The first kappa shape index (κ1) is 10.1. The highest BCUT2D eigenvalue weighted by Crippen LogP contribution is 2.19. The fourth-order valence-corrected chi connectivity index (χ4v) is 1.07. The molecular formula is C10H9NO3. The van der Waals surface area contributed by atoms with Crippen LogP contribution in [-0.2, 0) is 4.74 Å². The van der Waals surface area contributed by atoms with E-state index in [0.717, 1.165) is 0 Å². The molecule has 0 saturated heterocycles. The highest BCUT2D eigenvalue weighted by atomic mass is 16.5. The quantitative estimate of drug-likeness (QED) is 0.544. The van der Waals surface area contributed by atoms with Crippen LogP contribution in [0.5, 0.6) is 0 Å². The van der Waals surface area contributed by atoms with Crippen LogP contribution in [0.15, 0.2) is 30.0 Å². The second-order valence-electron chi connectivity index (χ2n) is 2.56. The third-order valence-electron chi connectivity index (χ3n) is 1.77. The molecule has 0 fully saturated rings.